The number of hydrogen-bond acceptors (Lipinski definition) is 4. The summed E-state index contributed by atoms with van der Waals surface area (Å²) >= 11 is 0. The molecular weight excluding hydrogens is 294 g/mol. The highest BCUT2D eigenvalue weighted by Crippen LogP contribution is 2.40. The van der Waals surface area contributed by atoms with Gasteiger partial charge in [-0.05, 0) is 37.3 Å². The highest BCUT2D eigenvalue weighted by atomic mass is 16.5. The van der Waals surface area contributed by atoms with Crippen LogP contribution in [0.1, 0.15) is 35.4 Å². The molecule has 118 valence electrons. The third-order valence-corrected chi connectivity index (χ3v) is 4.64. The normalized spacial score (nSPS) is 23.3. The fourth-order valence-corrected chi connectivity index (χ4v) is 3.60. The minimum atomic E-state index is -0.930. The second-order valence-electron chi connectivity index (χ2n) is 6.17. The summed E-state index contributed by atoms with van der Waals surface area (Å²) in [5, 5.41) is 6.73. The van der Waals surface area contributed by atoms with Crippen LogP contribution in [0.3, 0.4) is 0 Å². The van der Waals surface area contributed by atoms with Gasteiger partial charge in [0.1, 0.15) is 5.54 Å². The van der Waals surface area contributed by atoms with Crippen molar-refractivity contribution in [1.82, 2.24) is 15.4 Å². The Morgan fingerprint density at radius 2 is 2.17 bits per heavy atom. The molecule has 0 saturated carbocycles. The van der Waals surface area contributed by atoms with Crippen molar-refractivity contribution in [1.29, 1.82) is 0 Å². The van der Waals surface area contributed by atoms with Gasteiger partial charge in [0.15, 0.2) is 5.76 Å². The number of imide groups is 1. The third-order valence-electron chi connectivity index (χ3n) is 4.64. The highest BCUT2D eigenvalue weighted by Gasteiger charge is 2.53. The standard InChI is InChI=1S/C17H17N3O3/c1-11-9-13(23-19-11)10-20-15(21)17(18-16(20)22)8-4-6-12-5-2-3-7-14(12)17/h2-3,5,7,9H,4,6,8,10H2,1H3,(H,18,22)/t17-/m1/s1. The van der Waals surface area contributed by atoms with Crippen molar-refractivity contribution in [3.8, 4) is 0 Å². The van der Waals surface area contributed by atoms with Gasteiger partial charge in [-0.1, -0.05) is 29.4 Å². The molecule has 1 aliphatic carbocycles. The van der Waals surface area contributed by atoms with Crippen molar-refractivity contribution < 1.29 is 14.1 Å². The van der Waals surface area contributed by atoms with E-state index >= 15 is 0 Å². The first kappa shape index (κ1) is 14.0. The molecule has 2 aliphatic rings. The Kier molecular flexibility index (Phi) is 3.01. The number of benzene rings is 1. The van der Waals surface area contributed by atoms with E-state index in [1.165, 1.54) is 4.90 Å². The lowest BCUT2D eigenvalue weighted by atomic mass is 9.76. The fraction of sp³-hybridized carbons (Fsp3) is 0.353. The molecule has 0 bridgehead atoms. The molecule has 3 amide bonds. The molecule has 1 atom stereocenters. The Hall–Kier alpha value is -2.63. The maximum atomic E-state index is 13.0. The van der Waals surface area contributed by atoms with Crippen LogP contribution in [0.25, 0.3) is 0 Å². The van der Waals surface area contributed by atoms with Gasteiger partial charge < -0.3 is 9.84 Å². The van der Waals surface area contributed by atoms with Gasteiger partial charge >= 0.3 is 6.03 Å². The van der Waals surface area contributed by atoms with Crippen LogP contribution < -0.4 is 5.32 Å². The van der Waals surface area contributed by atoms with Crippen molar-refractivity contribution in [3.63, 3.8) is 0 Å². The largest absolute Gasteiger partial charge is 0.359 e. The Morgan fingerprint density at radius 3 is 2.96 bits per heavy atom. The number of carbonyl (C=O) groups is 2. The summed E-state index contributed by atoms with van der Waals surface area (Å²) in [5.74, 6) is 0.302. The molecule has 1 aliphatic heterocycles. The number of aryl methyl sites for hydroxylation is 2. The number of nitrogens with one attached hydrogen (secondary N) is 1. The monoisotopic (exact) mass is 311 g/mol. The summed E-state index contributed by atoms with van der Waals surface area (Å²) in [7, 11) is 0. The maximum Gasteiger partial charge on any atom is 0.325 e. The Morgan fingerprint density at radius 1 is 1.35 bits per heavy atom. The van der Waals surface area contributed by atoms with Crippen molar-refractivity contribution in [2.45, 2.75) is 38.3 Å². The SMILES string of the molecule is Cc1cc(CN2C(=O)N[C@@]3(CCCc4ccccc43)C2=O)on1. The first-order valence-corrected chi connectivity index (χ1v) is 7.75. The van der Waals surface area contributed by atoms with E-state index in [9.17, 15) is 9.59 Å². The van der Waals surface area contributed by atoms with E-state index in [0.717, 1.165) is 29.7 Å². The Balaban J connectivity index is 1.70. The van der Waals surface area contributed by atoms with Crippen molar-refractivity contribution >= 4 is 11.9 Å². The predicted molar refractivity (Wildman–Crippen MR) is 81.4 cm³/mol. The van der Waals surface area contributed by atoms with Crippen LogP contribution in [0.15, 0.2) is 34.9 Å². The van der Waals surface area contributed by atoms with E-state index in [2.05, 4.69) is 10.5 Å². The Labute approximate surface area is 133 Å². The lowest BCUT2D eigenvalue weighted by molar-refractivity contribution is -0.132. The minimum absolute atomic E-state index is 0.107. The number of rotatable bonds is 2. The number of nitrogens with zero attached hydrogens (tertiary/aromatic N) is 2. The molecule has 2 aromatic rings. The quantitative estimate of drug-likeness (QED) is 0.863. The summed E-state index contributed by atoms with van der Waals surface area (Å²) in [6.07, 6.45) is 2.43. The van der Waals surface area contributed by atoms with Crippen LogP contribution in [0, 0.1) is 6.92 Å². The van der Waals surface area contributed by atoms with Crippen LogP contribution in [0.5, 0.6) is 0 Å². The number of fused-ring (bicyclic) bond motifs is 2. The maximum absolute atomic E-state index is 13.0. The average Bonchev–Trinajstić information content (AvgIpc) is 3.06. The molecule has 6 heteroatoms. The van der Waals surface area contributed by atoms with E-state index in [0.29, 0.717) is 12.2 Å². The molecule has 0 radical (unpaired) electrons. The number of amides is 3. The number of carbonyl (C=O) groups excluding carboxylic acids is 2. The lowest BCUT2D eigenvalue weighted by Gasteiger charge is -2.33. The molecule has 1 spiro atoms. The topological polar surface area (TPSA) is 75.4 Å². The van der Waals surface area contributed by atoms with Gasteiger partial charge in [0.25, 0.3) is 5.91 Å². The van der Waals surface area contributed by atoms with Gasteiger partial charge in [0.2, 0.25) is 0 Å². The molecule has 6 nitrogen and oxygen atoms in total. The van der Waals surface area contributed by atoms with Gasteiger partial charge in [-0.2, -0.15) is 0 Å². The van der Waals surface area contributed by atoms with Crippen molar-refractivity contribution in [2.75, 3.05) is 0 Å². The first-order chi connectivity index (χ1) is 11.1. The van der Waals surface area contributed by atoms with E-state index in [-0.39, 0.29) is 18.5 Å². The van der Waals surface area contributed by atoms with E-state index < -0.39 is 5.54 Å². The average molecular weight is 311 g/mol. The fourth-order valence-electron chi connectivity index (χ4n) is 3.60. The van der Waals surface area contributed by atoms with E-state index in [1.54, 1.807) is 13.0 Å². The molecule has 23 heavy (non-hydrogen) atoms. The van der Waals surface area contributed by atoms with E-state index in [1.807, 2.05) is 24.3 Å². The van der Waals surface area contributed by atoms with Crippen LogP contribution in [-0.4, -0.2) is 22.0 Å². The minimum Gasteiger partial charge on any atom is -0.359 e. The van der Waals surface area contributed by atoms with Gasteiger partial charge in [-0.25, -0.2) is 4.79 Å². The molecule has 4 rings (SSSR count). The number of hydrogen-bond donors (Lipinski definition) is 1. The smallest absolute Gasteiger partial charge is 0.325 e. The molecule has 1 aromatic heterocycles. The van der Waals surface area contributed by atoms with Gasteiger partial charge in [-0.15, -0.1) is 0 Å². The summed E-state index contributed by atoms with van der Waals surface area (Å²) in [5.41, 5.74) is 1.84. The molecule has 1 saturated heterocycles. The van der Waals surface area contributed by atoms with Crippen LogP contribution in [0.4, 0.5) is 4.79 Å². The second kappa shape index (κ2) is 4.94. The summed E-state index contributed by atoms with van der Waals surface area (Å²) in [6.45, 7) is 1.91. The molecule has 1 aromatic carbocycles. The van der Waals surface area contributed by atoms with Gasteiger partial charge in [0.05, 0.1) is 12.2 Å². The zero-order valence-corrected chi connectivity index (χ0v) is 12.8. The molecule has 1 N–H and O–H groups in total. The van der Waals surface area contributed by atoms with Gasteiger partial charge in [0, 0.05) is 6.07 Å². The third kappa shape index (κ3) is 2.05. The zero-order chi connectivity index (χ0) is 16.0. The number of aromatic nitrogens is 1. The number of urea groups is 1. The van der Waals surface area contributed by atoms with E-state index in [4.69, 9.17) is 4.52 Å². The summed E-state index contributed by atoms with van der Waals surface area (Å²) in [4.78, 5) is 26.7. The second-order valence-corrected chi connectivity index (χ2v) is 6.17. The molecule has 0 unspecified atom stereocenters. The molecular formula is C17H17N3O3. The predicted octanol–water partition coefficient (Wildman–Crippen LogP) is 2.27. The van der Waals surface area contributed by atoms with Gasteiger partial charge in [-0.3, -0.25) is 9.69 Å². The Bertz CT molecular complexity index is 798. The lowest BCUT2D eigenvalue weighted by Crippen LogP contribution is -2.46. The molecule has 2 heterocycles. The van der Waals surface area contributed by atoms with Crippen LogP contribution in [0.2, 0.25) is 0 Å². The van der Waals surface area contributed by atoms with Crippen molar-refractivity contribution in [2.24, 2.45) is 0 Å². The summed E-state index contributed by atoms with van der Waals surface area (Å²) in [6, 6.07) is 9.20. The molecule has 1 fully saturated rings. The van der Waals surface area contributed by atoms with Crippen LogP contribution in [-0.2, 0) is 23.3 Å². The summed E-state index contributed by atoms with van der Waals surface area (Å²) < 4.78 is 5.14. The zero-order valence-electron chi connectivity index (χ0n) is 12.8. The van der Waals surface area contributed by atoms with Crippen molar-refractivity contribution in [3.05, 3.63) is 52.9 Å². The highest BCUT2D eigenvalue weighted by molar-refractivity contribution is 6.07. The van der Waals surface area contributed by atoms with Crippen LogP contribution >= 0.6 is 0 Å². The first-order valence-electron chi connectivity index (χ1n) is 7.75.